The molecular formula is C10H12Cl2N2O. The highest BCUT2D eigenvalue weighted by Crippen LogP contribution is 2.25. The second-order valence-corrected chi connectivity index (χ2v) is 3.82. The minimum Gasteiger partial charge on any atom is -0.358 e. The highest BCUT2D eigenvalue weighted by molar-refractivity contribution is 6.42. The molecule has 0 aromatic heterocycles. The standard InChI is InChI=1S/C10H12Cl2N2O/c1-13-9(10(15)14-2)6-3-4-7(11)8(12)5-6/h3-5,9,13H,1-2H3,(H,14,15). The van der Waals surface area contributed by atoms with E-state index in [2.05, 4.69) is 10.6 Å². The molecule has 82 valence electrons. The molecule has 1 amide bonds. The Morgan fingerprint density at radius 3 is 2.40 bits per heavy atom. The Bertz CT molecular complexity index is 368. The quantitative estimate of drug-likeness (QED) is 0.857. The van der Waals surface area contributed by atoms with Crippen LogP contribution in [0.2, 0.25) is 10.0 Å². The Morgan fingerprint density at radius 1 is 1.27 bits per heavy atom. The summed E-state index contributed by atoms with van der Waals surface area (Å²) in [6.07, 6.45) is 0. The van der Waals surface area contributed by atoms with Gasteiger partial charge in [-0.3, -0.25) is 4.79 Å². The summed E-state index contributed by atoms with van der Waals surface area (Å²) in [6.45, 7) is 0. The van der Waals surface area contributed by atoms with Crippen LogP contribution < -0.4 is 10.6 Å². The van der Waals surface area contributed by atoms with Gasteiger partial charge in [-0.05, 0) is 24.7 Å². The zero-order valence-electron chi connectivity index (χ0n) is 8.47. The lowest BCUT2D eigenvalue weighted by Gasteiger charge is -2.15. The predicted octanol–water partition coefficient (Wildman–Crippen LogP) is 2.00. The third-order valence-electron chi connectivity index (χ3n) is 2.07. The third-order valence-corrected chi connectivity index (χ3v) is 2.81. The monoisotopic (exact) mass is 246 g/mol. The van der Waals surface area contributed by atoms with E-state index in [1.807, 2.05) is 0 Å². The zero-order valence-corrected chi connectivity index (χ0v) is 9.99. The molecule has 1 aromatic rings. The normalized spacial score (nSPS) is 12.3. The van der Waals surface area contributed by atoms with Gasteiger partial charge in [0.1, 0.15) is 6.04 Å². The summed E-state index contributed by atoms with van der Waals surface area (Å²) in [4.78, 5) is 11.5. The lowest BCUT2D eigenvalue weighted by molar-refractivity contribution is -0.122. The lowest BCUT2D eigenvalue weighted by atomic mass is 10.1. The van der Waals surface area contributed by atoms with Gasteiger partial charge in [-0.25, -0.2) is 0 Å². The molecule has 0 aliphatic carbocycles. The van der Waals surface area contributed by atoms with Gasteiger partial charge in [0, 0.05) is 7.05 Å². The van der Waals surface area contributed by atoms with E-state index < -0.39 is 6.04 Å². The molecule has 0 aliphatic heterocycles. The van der Waals surface area contributed by atoms with Gasteiger partial charge in [0.2, 0.25) is 5.91 Å². The van der Waals surface area contributed by atoms with E-state index in [-0.39, 0.29) is 5.91 Å². The molecule has 3 nitrogen and oxygen atoms in total. The van der Waals surface area contributed by atoms with Crippen molar-refractivity contribution in [2.24, 2.45) is 0 Å². The molecular weight excluding hydrogens is 235 g/mol. The SMILES string of the molecule is CNC(=O)C(NC)c1ccc(Cl)c(Cl)c1. The second-order valence-electron chi connectivity index (χ2n) is 3.01. The van der Waals surface area contributed by atoms with Crippen LogP contribution in [0.1, 0.15) is 11.6 Å². The summed E-state index contributed by atoms with van der Waals surface area (Å²) in [6, 6.07) is 4.71. The van der Waals surface area contributed by atoms with Gasteiger partial charge in [-0.2, -0.15) is 0 Å². The average molecular weight is 247 g/mol. The highest BCUT2D eigenvalue weighted by atomic mass is 35.5. The van der Waals surface area contributed by atoms with Crippen molar-refractivity contribution < 1.29 is 4.79 Å². The molecule has 1 rings (SSSR count). The number of halogens is 2. The molecule has 5 heteroatoms. The number of carbonyl (C=O) groups excluding carboxylic acids is 1. The van der Waals surface area contributed by atoms with Crippen molar-refractivity contribution in [2.75, 3.05) is 14.1 Å². The zero-order chi connectivity index (χ0) is 11.4. The molecule has 0 saturated heterocycles. The van der Waals surface area contributed by atoms with E-state index in [0.29, 0.717) is 10.0 Å². The van der Waals surface area contributed by atoms with Crippen molar-refractivity contribution in [1.29, 1.82) is 0 Å². The van der Waals surface area contributed by atoms with Crippen LogP contribution in [0.15, 0.2) is 18.2 Å². The van der Waals surface area contributed by atoms with Crippen molar-refractivity contribution in [3.05, 3.63) is 33.8 Å². The summed E-state index contributed by atoms with van der Waals surface area (Å²) < 4.78 is 0. The molecule has 15 heavy (non-hydrogen) atoms. The summed E-state index contributed by atoms with van der Waals surface area (Å²) >= 11 is 11.7. The largest absolute Gasteiger partial charge is 0.358 e. The first-order chi connectivity index (χ1) is 7.10. The van der Waals surface area contributed by atoms with Gasteiger partial charge in [-0.1, -0.05) is 29.3 Å². The van der Waals surface area contributed by atoms with Gasteiger partial charge in [0.05, 0.1) is 10.0 Å². The summed E-state index contributed by atoms with van der Waals surface area (Å²) in [5.74, 6) is -0.115. The van der Waals surface area contributed by atoms with Crippen LogP contribution in [0.3, 0.4) is 0 Å². The van der Waals surface area contributed by atoms with E-state index in [1.54, 1.807) is 32.3 Å². The first kappa shape index (κ1) is 12.3. The van der Waals surface area contributed by atoms with Crippen LogP contribution in [-0.4, -0.2) is 20.0 Å². The van der Waals surface area contributed by atoms with Crippen molar-refractivity contribution in [1.82, 2.24) is 10.6 Å². The van der Waals surface area contributed by atoms with Crippen molar-refractivity contribution in [2.45, 2.75) is 6.04 Å². The number of benzene rings is 1. The molecule has 0 radical (unpaired) electrons. The van der Waals surface area contributed by atoms with Crippen molar-refractivity contribution >= 4 is 29.1 Å². The molecule has 0 spiro atoms. The fraction of sp³-hybridized carbons (Fsp3) is 0.300. The number of likely N-dealkylation sites (N-methyl/N-ethyl adjacent to an activating group) is 2. The topological polar surface area (TPSA) is 41.1 Å². The lowest BCUT2D eigenvalue weighted by Crippen LogP contribution is -2.33. The average Bonchev–Trinajstić information content (AvgIpc) is 2.24. The fourth-order valence-electron chi connectivity index (χ4n) is 1.29. The predicted molar refractivity (Wildman–Crippen MR) is 62.3 cm³/mol. The van der Waals surface area contributed by atoms with Crippen LogP contribution >= 0.6 is 23.2 Å². The molecule has 1 atom stereocenters. The minimum absolute atomic E-state index is 0.115. The summed E-state index contributed by atoms with van der Waals surface area (Å²) in [5, 5.41) is 6.39. The molecule has 2 N–H and O–H groups in total. The molecule has 0 heterocycles. The van der Waals surface area contributed by atoms with Crippen LogP contribution in [0, 0.1) is 0 Å². The Balaban J connectivity index is 3.02. The van der Waals surface area contributed by atoms with E-state index in [1.165, 1.54) is 0 Å². The maximum atomic E-state index is 11.5. The number of amides is 1. The van der Waals surface area contributed by atoms with Crippen LogP contribution in [-0.2, 0) is 4.79 Å². The van der Waals surface area contributed by atoms with E-state index in [9.17, 15) is 4.79 Å². The molecule has 1 unspecified atom stereocenters. The Morgan fingerprint density at radius 2 is 1.93 bits per heavy atom. The third kappa shape index (κ3) is 2.84. The van der Waals surface area contributed by atoms with Gasteiger partial charge < -0.3 is 10.6 Å². The van der Waals surface area contributed by atoms with Crippen LogP contribution in [0.25, 0.3) is 0 Å². The smallest absolute Gasteiger partial charge is 0.241 e. The molecule has 0 aliphatic rings. The van der Waals surface area contributed by atoms with Crippen molar-refractivity contribution in [3.8, 4) is 0 Å². The first-order valence-electron chi connectivity index (χ1n) is 4.44. The second kappa shape index (κ2) is 5.35. The molecule has 1 aromatic carbocycles. The fourth-order valence-corrected chi connectivity index (χ4v) is 1.59. The summed E-state index contributed by atoms with van der Waals surface area (Å²) in [7, 11) is 3.30. The van der Waals surface area contributed by atoms with Crippen LogP contribution in [0.5, 0.6) is 0 Å². The van der Waals surface area contributed by atoms with Crippen molar-refractivity contribution in [3.63, 3.8) is 0 Å². The number of carbonyl (C=O) groups is 1. The van der Waals surface area contributed by atoms with Gasteiger partial charge in [-0.15, -0.1) is 0 Å². The Labute approximate surface area is 98.8 Å². The van der Waals surface area contributed by atoms with Crippen LogP contribution in [0.4, 0.5) is 0 Å². The molecule has 0 saturated carbocycles. The summed E-state index contributed by atoms with van der Waals surface area (Å²) in [5.41, 5.74) is 0.784. The van der Waals surface area contributed by atoms with E-state index in [0.717, 1.165) is 5.56 Å². The molecule has 0 bridgehead atoms. The van der Waals surface area contributed by atoms with Gasteiger partial charge >= 0.3 is 0 Å². The number of nitrogens with one attached hydrogen (secondary N) is 2. The van der Waals surface area contributed by atoms with Gasteiger partial charge in [0.15, 0.2) is 0 Å². The minimum atomic E-state index is -0.412. The molecule has 0 fully saturated rings. The van der Waals surface area contributed by atoms with E-state index >= 15 is 0 Å². The number of rotatable bonds is 3. The maximum Gasteiger partial charge on any atom is 0.241 e. The number of hydrogen-bond acceptors (Lipinski definition) is 2. The number of hydrogen-bond donors (Lipinski definition) is 2. The highest BCUT2D eigenvalue weighted by Gasteiger charge is 2.17. The van der Waals surface area contributed by atoms with Gasteiger partial charge in [0.25, 0.3) is 0 Å². The first-order valence-corrected chi connectivity index (χ1v) is 5.19. The van der Waals surface area contributed by atoms with E-state index in [4.69, 9.17) is 23.2 Å². The maximum absolute atomic E-state index is 11.5. The Kier molecular flexibility index (Phi) is 4.39. The Hall–Kier alpha value is -0.770.